The number of nitrogens with zero attached hydrogens (tertiary/aromatic N) is 3. The summed E-state index contributed by atoms with van der Waals surface area (Å²) in [6, 6.07) is 11.1. The third-order valence-electron chi connectivity index (χ3n) is 3.66. The zero-order valence-electron chi connectivity index (χ0n) is 12.2. The highest BCUT2D eigenvalue weighted by atomic mass is 79.9. The van der Waals surface area contributed by atoms with E-state index in [1.807, 2.05) is 30.3 Å². The number of para-hydroxylation sites is 1. The Kier molecular flexibility index (Phi) is 3.62. The predicted octanol–water partition coefficient (Wildman–Crippen LogP) is 3.80. The first kappa shape index (κ1) is 15.0. The van der Waals surface area contributed by atoms with E-state index in [2.05, 4.69) is 36.1 Å². The highest BCUT2D eigenvalue weighted by molar-refractivity contribution is 9.10. The molecule has 24 heavy (non-hydrogen) atoms. The Morgan fingerprint density at radius 3 is 2.88 bits per heavy atom. The van der Waals surface area contributed by atoms with E-state index < -0.39 is 0 Å². The van der Waals surface area contributed by atoms with Crippen LogP contribution in [0.25, 0.3) is 16.7 Å². The third kappa shape index (κ3) is 2.31. The van der Waals surface area contributed by atoms with Crippen molar-refractivity contribution >= 4 is 45.0 Å². The quantitative estimate of drug-likeness (QED) is 0.405. The maximum absolute atomic E-state index is 13.0. The van der Waals surface area contributed by atoms with Crippen molar-refractivity contribution in [1.82, 2.24) is 24.7 Å². The average molecular weight is 400 g/mol. The number of carbonyl (C=O) groups is 1. The summed E-state index contributed by atoms with van der Waals surface area (Å²) in [5.41, 5.74) is 1.90. The molecule has 1 aromatic carbocycles. The highest BCUT2D eigenvalue weighted by Crippen LogP contribution is 2.24. The van der Waals surface area contributed by atoms with Crippen LogP contribution in [-0.4, -0.2) is 30.5 Å². The Labute approximate surface area is 149 Å². The fourth-order valence-electron chi connectivity index (χ4n) is 2.57. The third-order valence-corrected chi connectivity index (χ3v) is 4.61. The summed E-state index contributed by atoms with van der Waals surface area (Å²) in [6.45, 7) is 0. The lowest BCUT2D eigenvalue weighted by Crippen LogP contribution is -2.10. The molecule has 0 atom stereocenters. The number of rotatable bonds is 3. The standard InChI is InChI=1S/C16H10BrN5OS/c17-11-5-1-2-6-12(11)22-15(20-21-16(22)24)13(23)10-8-19-14-9(10)4-3-7-18-14/h1-8H,(H,18,19)(H,21,24). The van der Waals surface area contributed by atoms with Crippen molar-refractivity contribution in [2.75, 3.05) is 0 Å². The Balaban J connectivity index is 1.91. The molecular weight excluding hydrogens is 390 g/mol. The van der Waals surface area contributed by atoms with Crippen LogP contribution in [-0.2, 0) is 0 Å². The minimum Gasteiger partial charge on any atom is -0.345 e. The molecule has 0 aliphatic carbocycles. The molecule has 118 valence electrons. The molecule has 8 heteroatoms. The number of aromatic amines is 2. The van der Waals surface area contributed by atoms with Crippen molar-refractivity contribution in [3.63, 3.8) is 0 Å². The van der Waals surface area contributed by atoms with Crippen LogP contribution in [0.4, 0.5) is 0 Å². The smallest absolute Gasteiger partial charge is 0.232 e. The maximum atomic E-state index is 13.0. The zero-order valence-corrected chi connectivity index (χ0v) is 14.6. The Bertz CT molecular complexity index is 1130. The van der Waals surface area contributed by atoms with E-state index >= 15 is 0 Å². The summed E-state index contributed by atoms with van der Waals surface area (Å²) in [7, 11) is 0. The van der Waals surface area contributed by atoms with Crippen molar-refractivity contribution < 1.29 is 4.79 Å². The van der Waals surface area contributed by atoms with Crippen molar-refractivity contribution in [3.8, 4) is 5.69 Å². The number of pyridine rings is 1. The molecular formula is C16H10BrN5OS. The first-order valence-electron chi connectivity index (χ1n) is 7.06. The molecule has 4 aromatic rings. The minimum atomic E-state index is -0.239. The van der Waals surface area contributed by atoms with Crippen LogP contribution in [0.2, 0.25) is 0 Å². The van der Waals surface area contributed by atoms with Gasteiger partial charge < -0.3 is 4.98 Å². The molecule has 0 unspecified atom stereocenters. The monoisotopic (exact) mass is 399 g/mol. The number of fused-ring (bicyclic) bond motifs is 1. The molecule has 0 saturated carbocycles. The van der Waals surface area contributed by atoms with Gasteiger partial charge in [0.15, 0.2) is 4.77 Å². The van der Waals surface area contributed by atoms with Gasteiger partial charge in [0.25, 0.3) is 0 Å². The topological polar surface area (TPSA) is 79.4 Å². The summed E-state index contributed by atoms with van der Waals surface area (Å²) in [5, 5.41) is 7.58. The molecule has 0 fully saturated rings. The van der Waals surface area contributed by atoms with Gasteiger partial charge in [-0.2, -0.15) is 5.10 Å². The van der Waals surface area contributed by atoms with Gasteiger partial charge >= 0.3 is 0 Å². The average Bonchev–Trinajstić information content (AvgIpc) is 3.19. The molecule has 4 rings (SSSR count). The lowest BCUT2D eigenvalue weighted by molar-refractivity contribution is 0.102. The molecule has 0 aliphatic rings. The summed E-state index contributed by atoms with van der Waals surface area (Å²) < 4.78 is 2.79. The SMILES string of the molecule is O=C(c1c[nH]c2ncccc12)c1n[nH]c(=S)n1-c1ccccc1Br. The lowest BCUT2D eigenvalue weighted by Gasteiger charge is -2.07. The van der Waals surface area contributed by atoms with Gasteiger partial charge in [-0.1, -0.05) is 12.1 Å². The molecule has 3 heterocycles. The van der Waals surface area contributed by atoms with Gasteiger partial charge in [-0.05, 0) is 52.4 Å². The van der Waals surface area contributed by atoms with Crippen LogP contribution >= 0.6 is 28.1 Å². The van der Waals surface area contributed by atoms with Gasteiger partial charge in [-0.3, -0.25) is 14.5 Å². The van der Waals surface area contributed by atoms with Gasteiger partial charge in [-0.15, -0.1) is 0 Å². The molecule has 0 spiro atoms. The van der Waals surface area contributed by atoms with E-state index in [4.69, 9.17) is 12.2 Å². The summed E-state index contributed by atoms with van der Waals surface area (Å²) in [4.78, 5) is 20.2. The van der Waals surface area contributed by atoms with Crippen LogP contribution < -0.4 is 0 Å². The van der Waals surface area contributed by atoms with Crippen molar-refractivity contribution in [2.24, 2.45) is 0 Å². The van der Waals surface area contributed by atoms with E-state index in [9.17, 15) is 4.79 Å². The number of ketones is 1. The minimum absolute atomic E-state index is 0.219. The Hall–Kier alpha value is -2.58. The first-order chi connectivity index (χ1) is 11.7. The summed E-state index contributed by atoms with van der Waals surface area (Å²) in [5.74, 6) is -0.0194. The molecule has 3 aromatic heterocycles. The second-order valence-electron chi connectivity index (χ2n) is 5.07. The van der Waals surface area contributed by atoms with E-state index in [1.54, 1.807) is 23.0 Å². The molecule has 0 saturated heterocycles. The van der Waals surface area contributed by atoms with Gasteiger partial charge in [-0.25, -0.2) is 4.98 Å². The molecule has 0 bridgehead atoms. The highest BCUT2D eigenvalue weighted by Gasteiger charge is 2.22. The second kappa shape index (κ2) is 5.81. The van der Waals surface area contributed by atoms with Crippen molar-refractivity contribution in [3.05, 3.63) is 69.4 Å². The van der Waals surface area contributed by atoms with E-state index in [0.29, 0.717) is 16.0 Å². The van der Waals surface area contributed by atoms with Gasteiger partial charge in [0.2, 0.25) is 11.6 Å². The number of hydrogen-bond donors (Lipinski definition) is 2. The molecule has 2 N–H and O–H groups in total. The van der Waals surface area contributed by atoms with Crippen LogP contribution in [0.5, 0.6) is 0 Å². The van der Waals surface area contributed by atoms with Gasteiger partial charge in [0, 0.05) is 22.3 Å². The fraction of sp³-hybridized carbons (Fsp3) is 0. The number of benzene rings is 1. The van der Waals surface area contributed by atoms with Crippen molar-refractivity contribution in [2.45, 2.75) is 0 Å². The maximum Gasteiger partial charge on any atom is 0.232 e. The van der Waals surface area contributed by atoms with E-state index in [0.717, 1.165) is 15.5 Å². The second-order valence-corrected chi connectivity index (χ2v) is 6.31. The molecule has 6 nitrogen and oxygen atoms in total. The number of hydrogen-bond acceptors (Lipinski definition) is 4. The summed E-state index contributed by atoms with van der Waals surface area (Å²) in [6.07, 6.45) is 3.31. The Morgan fingerprint density at radius 1 is 1.21 bits per heavy atom. The Morgan fingerprint density at radius 2 is 2.04 bits per heavy atom. The van der Waals surface area contributed by atoms with Crippen molar-refractivity contribution in [1.29, 1.82) is 0 Å². The predicted molar refractivity (Wildman–Crippen MR) is 96.0 cm³/mol. The largest absolute Gasteiger partial charge is 0.345 e. The lowest BCUT2D eigenvalue weighted by atomic mass is 10.1. The number of H-pyrrole nitrogens is 2. The molecule has 0 aliphatic heterocycles. The fourth-order valence-corrected chi connectivity index (χ4v) is 3.26. The van der Waals surface area contributed by atoms with Crippen LogP contribution in [0.3, 0.4) is 0 Å². The first-order valence-corrected chi connectivity index (χ1v) is 8.26. The van der Waals surface area contributed by atoms with Crippen LogP contribution in [0.15, 0.2) is 53.3 Å². The van der Waals surface area contributed by atoms with Gasteiger partial charge in [0.05, 0.1) is 11.3 Å². The number of halogens is 1. The number of aromatic nitrogens is 5. The van der Waals surface area contributed by atoms with Crippen LogP contribution in [0, 0.1) is 4.77 Å². The molecule has 0 radical (unpaired) electrons. The van der Waals surface area contributed by atoms with Crippen LogP contribution in [0.1, 0.15) is 16.2 Å². The molecule has 0 amide bonds. The van der Waals surface area contributed by atoms with E-state index in [-0.39, 0.29) is 11.6 Å². The number of carbonyl (C=O) groups excluding carboxylic acids is 1. The van der Waals surface area contributed by atoms with E-state index in [1.165, 1.54) is 0 Å². The zero-order chi connectivity index (χ0) is 16.7. The normalized spacial score (nSPS) is 11.0. The summed E-state index contributed by atoms with van der Waals surface area (Å²) >= 11 is 8.80. The number of nitrogens with one attached hydrogen (secondary N) is 2. The van der Waals surface area contributed by atoms with Gasteiger partial charge in [0.1, 0.15) is 5.65 Å².